The van der Waals surface area contributed by atoms with E-state index < -0.39 is 0 Å². The quantitative estimate of drug-likeness (QED) is 0.792. The molecule has 5 nitrogen and oxygen atoms in total. The summed E-state index contributed by atoms with van der Waals surface area (Å²) in [7, 11) is 2.26. The molecule has 1 aromatic heterocycles. The molecule has 3 aliphatic rings. The van der Waals surface area contributed by atoms with E-state index in [1.165, 1.54) is 23.5 Å². The molecule has 144 valence electrons. The van der Waals surface area contributed by atoms with Crippen LogP contribution in [0.25, 0.3) is 0 Å². The topological polar surface area (TPSA) is 39.7 Å². The summed E-state index contributed by atoms with van der Waals surface area (Å²) < 4.78 is 0. The van der Waals surface area contributed by atoms with Crippen LogP contribution in [-0.4, -0.2) is 70.9 Å². The average molecular weight is 377 g/mol. The van der Waals surface area contributed by atoms with Crippen molar-refractivity contribution in [1.29, 1.82) is 0 Å². The van der Waals surface area contributed by atoms with E-state index in [9.17, 15) is 4.79 Å². The Morgan fingerprint density at radius 3 is 2.85 bits per heavy atom. The normalized spacial score (nSPS) is 28.7. The van der Waals surface area contributed by atoms with E-state index in [-0.39, 0.29) is 5.54 Å². The molecule has 2 saturated heterocycles. The molecule has 26 heavy (non-hydrogen) atoms. The number of rotatable bonds is 5. The summed E-state index contributed by atoms with van der Waals surface area (Å²) in [5.41, 5.74) is 1.36. The van der Waals surface area contributed by atoms with Crippen molar-refractivity contribution in [2.75, 3.05) is 39.8 Å². The Kier molecular flexibility index (Phi) is 5.35. The van der Waals surface area contributed by atoms with Crippen LogP contribution in [0.4, 0.5) is 0 Å². The van der Waals surface area contributed by atoms with Crippen LogP contribution in [0.2, 0.25) is 0 Å². The van der Waals surface area contributed by atoms with Gasteiger partial charge in [0.05, 0.1) is 10.7 Å². The number of carbonyl (C=O) groups excluding carboxylic acids is 1. The van der Waals surface area contributed by atoms with Gasteiger partial charge in [0.2, 0.25) is 5.91 Å². The average Bonchev–Trinajstić information content (AvgIpc) is 3.37. The molecule has 1 aromatic rings. The first-order valence-corrected chi connectivity index (χ1v) is 11.1. The molecular weight excluding hydrogens is 344 g/mol. The highest BCUT2D eigenvalue weighted by Gasteiger charge is 2.42. The molecule has 0 aromatic carbocycles. The molecule has 3 heterocycles. The third-order valence-electron chi connectivity index (χ3n) is 6.55. The lowest BCUT2D eigenvalue weighted by Gasteiger charge is -2.49. The molecule has 0 bridgehead atoms. The highest BCUT2D eigenvalue weighted by Crippen LogP contribution is 2.35. The summed E-state index contributed by atoms with van der Waals surface area (Å²) in [4.78, 5) is 24.6. The molecule has 3 fully saturated rings. The van der Waals surface area contributed by atoms with Gasteiger partial charge in [0.15, 0.2) is 0 Å². The maximum Gasteiger partial charge on any atom is 0.222 e. The number of piperazine rings is 1. The Bertz CT molecular complexity index is 644. The van der Waals surface area contributed by atoms with Crippen molar-refractivity contribution < 1.29 is 4.79 Å². The maximum absolute atomic E-state index is 12.6. The summed E-state index contributed by atoms with van der Waals surface area (Å²) in [6.07, 6.45) is 6.47. The van der Waals surface area contributed by atoms with Crippen molar-refractivity contribution >= 4 is 17.2 Å². The summed E-state index contributed by atoms with van der Waals surface area (Å²) in [6.45, 7) is 8.30. The fourth-order valence-corrected chi connectivity index (χ4v) is 5.26. The van der Waals surface area contributed by atoms with E-state index in [0.717, 1.165) is 64.4 Å². The Balaban J connectivity index is 1.42. The molecule has 0 N–H and O–H groups in total. The van der Waals surface area contributed by atoms with E-state index in [2.05, 4.69) is 34.1 Å². The van der Waals surface area contributed by atoms with Crippen LogP contribution in [-0.2, 0) is 17.8 Å². The number of likely N-dealkylation sites (tertiary alicyclic amines) is 1. The van der Waals surface area contributed by atoms with Crippen molar-refractivity contribution in [2.45, 2.75) is 57.5 Å². The largest absolute Gasteiger partial charge is 0.342 e. The molecule has 6 heteroatoms. The van der Waals surface area contributed by atoms with Crippen LogP contribution in [0.3, 0.4) is 0 Å². The lowest BCUT2D eigenvalue weighted by molar-refractivity contribution is -0.131. The van der Waals surface area contributed by atoms with Crippen LogP contribution in [0.15, 0.2) is 5.38 Å². The number of carbonyl (C=O) groups is 1. The predicted octanol–water partition coefficient (Wildman–Crippen LogP) is 2.61. The highest BCUT2D eigenvalue weighted by atomic mass is 32.1. The van der Waals surface area contributed by atoms with E-state index >= 15 is 0 Å². The monoisotopic (exact) mass is 376 g/mol. The zero-order chi connectivity index (χ0) is 18.1. The second kappa shape index (κ2) is 7.56. The number of thiazole rings is 1. The molecule has 1 aliphatic carbocycles. The highest BCUT2D eigenvalue weighted by molar-refractivity contribution is 7.09. The van der Waals surface area contributed by atoms with Gasteiger partial charge >= 0.3 is 0 Å². The van der Waals surface area contributed by atoms with Gasteiger partial charge in [-0.1, -0.05) is 6.92 Å². The van der Waals surface area contributed by atoms with Crippen molar-refractivity contribution in [3.8, 4) is 0 Å². The van der Waals surface area contributed by atoms with E-state index in [0.29, 0.717) is 12.3 Å². The number of amides is 1. The minimum atomic E-state index is 0.149. The SMILES string of the molecule is CCc1nc(CN2CCN(C)[C@@]3(CCC(=O)N(CC4CC4)CC3)C2)cs1. The fourth-order valence-electron chi connectivity index (χ4n) is 4.53. The van der Waals surface area contributed by atoms with Gasteiger partial charge in [-0.15, -0.1) is 11.3 Å². The zero-order valence-corrected chi connectivity index (χ0v) is 17.1. The van der Waals surface area contributed by atoms with E-state index in [1.54, 1.807) is 11.3 Å². The molecule has 1 saturated carbocycles. The summed E-state index contributed by atoms with van der Waals surface area (Å²) in [6, 6.07) is 0. The number of hydrogen-bond donors (Lipinski definition) is 0. The summed E-state index contributed by atoms with van der Waals surface area (Å²) in [5.74, 6) is 1.16. The minimum Gasteiger partial charge on any atom is -0.342 e. The first kappa shape index (κ1) is 18.4. The first-order chi connectivity index (χ1) is 12.6. The van der Waals surface area contributed by atoms with Crippen LogP contribution in [0.1, 0.15) is 49.7 Å². The predicted molar refractivity (Wildman–Crippen MR) is 105 cm³/mol. The Hall–Kier alpha value is -0.980. The van der Waals surface area contributed by atoms with Crippen molar-refractivity contribution in [3.63, 3.8) is 0 Å². The minimum absolute atomic E-state index is 0.149. The van der Waals surface area contributed by atoms with Gasteiger partial charge in [0.1, 0.15) is 0 Å². The van der Waals surface area contributed by atoms with E-state index in [4.69, 9.17) is 4.98 Å². The van der Waals surface area contributed by atoms with Gasteiger partial charge in [-0.05, 0) is 45.1 Å². The van der Waals surface area contributed by atoms with Crippen molar-refractivity contribution in [2.24, 2.45) is 5.92 Å². The molecule has 0 radical (unpaired) electrons. The number of aryl methyl sites for hydroxylation is 1. The summed E-state index contributed by atoms with van der Waals surface area (Å²) in [5, 5.41) is 3.46. The summed E-state index contributed by atoms with van der Waals surface area (Å²) >= 11 is 1.78. The maximum atomic E-state index is 12.6. The zero-order valence-electron chi connectivity index (χ0n) is 16.2. The second-order valence-electron chi connectivity index (χ2n) is 8.48. The third-order valence-corrected chi connectivity index (χ3v) is 7.59. The smallest absolute Gasteiger partial charge is 0.222 e. The van der Waals surface area contributed by atoms with Crippen LogP contribution in [0.5, 0.6) is 0 Å². The molecule has 2 aliphatic heterocycles. The van der Waals surface area contributed by atoms with Gasteiger partial charge in [-0.25, -0.2) is 4.98 Å². The molecule has 4 rings (SSSR count). The van der Waals surface area contributed by atoms with Crippen molar-refractivity contribution in [3.05, 3.63) is 16.1 Å². The Morgan fingerprint density at radius 2 is 2.12 bits per heavy atom. The number of nitrogens with zero attached hydrogens (tertiary/aromatic N) is 4. The standard InChI is InChI=1S/C20H32N4OS/c1-3-18-21-17(14-26-18)13-23-11-10-22(2)20(15-23)7-6-19(25)24(9-8-20)12-16-4-5-16/h14,16H,3-13,15H2,1-2H3/t20-/m1/s1. The fraction of sp³-hybridized carbons (Fsp3) is 0.800. The first-order valence-electron chi connectivity index (χ1n) is 10.2. The van der Waals surface area contributed by atoms with Gasteiger partial charge in [0.25, 0.3) is 0 Å². The number of hydrogen-bond acceptors (Lipinski definition) is 5. The second-order valence-corrected chi connectivity index (χ2v) is 9.42. The van der Waals surface area contributed by atoms with Crippen molar-refractivity contribution in [1.82, 2.24) is 19.7 Å². The Morgan fingerprint density at radius 1 is 1.27 bits per heavy atom. The lowest BCUT2D eigenvalue weighted by atomic mass is 9.86. The molecule has 1 amide bonds. The van der Waals surface area contributed by atoms with Gasteiger partial charge in [0, 0.05) is 56.6 Å². The van der Waals surface area contributed by atoms with Crippen LogP contribution >= 0.6 is 11.3 Å². The number of likely N-dealkylation sites (N-methyl/N-ethyl adjacent to an activating group) is 1. The molecular formula is C20H32N4OS. The third kappa shape index (κ3) is 3.97. The van der Waals surface area contributed by atoms with Crippen LogP contribution < -0.4 is 0 Å². The lowest BCUT2D eigenvalue weighted by Crippen LogP contribution is -2.60. The molecule has 1 spiro atoms. The van der Waals surface area contributed by atoms with Gasteiger partial charge in [-0.2, -0.15) is 0 Å². The van der Waals surface area contributed by atoms with Gasteiger partial charge in [-0.3, -0.25) is 14.6 Å². The molecule has 0 unspecified atom stereocenters. The molecule has 1 atom stereocenters. The van der Waals surface area contributed by atoms with E-state index in [1.807, 2.05) is 0 Å². The Labute approximate surface area is 161 Å². The van der Waals surface area contributed by atoms with Gasteiger partial charge < -0.3 is 4.90 Å². The number of aromatic nitrogens is 1. The van der Waals surface area contributed by atoms with Crippen LogP contribution in [0, 0.1) is 5.92 Å².